The molecule has 0 unspecified atom stereocenters. The van der Waals surface area contributed by atoms with Crippen LogP contribution >= 0.6 is 22.9 Å². The second kappa shape index (κ2) is 8.70. The van der Waals surface area contributed by atoms with Crippen molar-refractivity contribution in [1.29, 1.82) is 0 Å². The van der Waals surface area contributed by atoms with E-state index >= 15 is 0 Å². The van der Waals surface area contributed by atoms with Crippen molar-refractivity contribution in [1.82, 2.24) is 10.6 Å². The molecule has 0 saturated heterocycles. The Labute approximate surface area is 135 Å². The fourth-order valence-corrected chi connectivity index (χ4v) is 2.73. The summed E-state index contributed by atoms with van der Waals surface area (Å²) in [4.78, 5) is 5.53. The summed E-state index contributed by atoms with van der Waals surface area (Å²) in [5, 5.41) is 9.51. The maximum atomic E-state index is 5.87. The predicted molar refractivity (Wildman–Crippen MR) is 92.3 cm³/mol. The Kier molecular flexibility index (Phi) is 6.57. The number of guanidine groups is 1. The van der Waals surface area contributed by atoms with Crippen LogP contribution in [0.15, 0.2) is 46.8 Å². The van der Waals surface area contributed by atoms with Crippen molar-refractivity contribution in [2.75, 3.05) is 13.6 Å². The van der Waals surface area contributed by atoms with Gasteiger partial charge in [0.1, 0.15) is 0 Å². The molecule has 0 aliphatic rings. The Morgan fingerprint density at radius 2 is 2.00 bits per heavy atom. The second-order valence-electron chi connectivity index (χ2n) is 4.66. The first-order chi connectivity index (χ1) is 10.3. The third-order valence-corrected chi connectivity index (χ3v) is 4.21. The average Bonchev–Trinajstić information content (AvgIpc) is 3.02. The molecule has 0 fully saturated rings. The van der Waals surface area contributed by atoms with Gasteiger partial charge < -0.3 is 10.6 Å². The number of nitrogens with zero attached hydrogens (tertiary/aromatic N) is 1. The fourth-order valence-electron chi connectivity index (χ4n) is 1.95. The summed E-state index contributed by atoms with van der Waals surface area (Å²) in [6, 6.07) is 12.2. The van der Waals surface area contributed by atoms with Crippen LogP contribution in [0.25, 0.3) is 0 Å². The van der Waals surface area contributed by atoms with Crippen molar-refractivity contribution in [3.05, 3.63) is 57.2 Å². The van der Waals surface area contributed by atoms with Crippen LogP contribution in [0.1, 0.15) is 16.9 Å². The Hall–Kier alpha value is -1.52. The third-order valence-electron chi connectivity index (χ3n) is 3.08. The highest BCUT2D eigenvalue weighted by Crippen LogP contribution is 2.10. The minimum atomic E-state index is 0.787. The number of benzene rings is 1. The Morgan fingerprint density at radius 1 is 1.19 bits per heavy atom. The van der Waals surface area contributed by atoms with E-state index in [-0.39, 0.29) is 0 Å². The lowest BCUT2D eigenvalue weighted by molar-refractivity contribution is 0.744. The van der Waals surface area contributed by atoms with Crippen molar-refractivity contribution in [2.24, 2.45) is 4.99 Å². The summed E-state index contributed by atoms with van der Waals surface area (Å²) in [7, 11) is 1.79. The van der Waals surface area contributed by atoms with E-state index < -0.39 is 0 Å². The lowest BCUT2D eigenvalue weighted by Crippen LogP contribution is -2.37. The first kappa shape index (κ1) is 15.9. The van der Waals surface area contributed by atoms with Crippen LogP contribution in [0.2, 0.25) is 5.02 Å². The zero-order chi connectivity index (χ0) is 14.9. The number of hydrogen-bond donors (Lipinski definition) is 2. The molecule has 1 aromatic carbocycles. The summed E-state index contributed by atoms with van der Waals surface area (Å²) >= 11 is 7.62. The van der Waals surface area contributed by atoms with Gasteiger partial charge in [0.25, 0.3) is 0 Å². The summed E-state index contributed by atoms with van der Waals surface area (Å²) in [6.45, 7) is 1.71. The van der Waals surface area contributed by atoms with Gasteiger partial charge in [0.15, 0.2) is 5.96 Å². The third kappa shape index (κ3) is 5.78. The van der Waals surface area contributed by atoms with Crippen molar-refractivity contribution < 1.29 is 0 Å². The molecule has 21 heavy (non-hydrogen) atoms. The quantitative estimate of drug-likeness (QED) is 0.483. The van der Waals surface area contributed by atoms with Crippen molar-refractivity contribution in [3.8, 4) is 0 Å². The van der Waals surface area contributed by atoms with E-state index in [1.165, 1.54) is 10.4 Å². The molecule has 1 heterocycles. The number of rotatable bonds is 6. The van der Waals surface area contributed by atoms with Gasteiger partial charge >= 0.3 is 0 Å². The summed E-state index contributed by atoms with van der Waals surface area (Å²) in [6.07, 6.45) is 2.09. The molecule has 0 aliphatic carbocycles. The number of hydrogen-bond acceptors (Lipinski definition) is 2. The molecule has 5 heteroatoms. The van der Waals surface area contributed by atoms with E-state index in [1.807, 2.05) is 12.1 Å². The van der Waals surface area contributed by atoms with Crippen molar-refractivity contribution in [2.45, 2.75) is 19.4 Å². The van der Waals surface area contributed by atoms with Gasteiger partial charge in [0.2, 0.25) is 0 Å². The van der Waals surface area contributed by atoms with Gasteiger partial charge in [-0.15, -0.1) is 11.3 Å². The van der Waals surface area contributed by atoms with Crippen LogP contribution in [0, 0.1) is 0 Å². The van der Waals surface area contributed by atoms with Crippen molar-refractivity contribution >= 4 is 28.9 Å². The zero-order valence-electron chi connectivity index (χ0n) is 12.1. The molecule has 0 radical (unpaired) electrons. The molecule has 0 saturated carbocycles. The van der Waals surface area contributed by atoms with Gasteiger partial charge in [-0.3, -0.25) is 4.99 Å². The Morgan fingerprint density at radius 3 is 2.67 bits per heavy atom. The number of nitrogens with one attached hydrogen (secondary N) is 2. The van der Waals surface area contributed by atoms with Crippen LogP contribution in [0.4, 0.5) is 0 Å². The summed E-state index contributed by atoms with van der Waals surface area (Å²) in [5.74, 6) is 0.847. The molecule has 0 amide bonds. The van der Waals surface area contributed by atoms with Gasteiger partial charge in [0.05, 0.1) is 6.54 Å². The summed E-state index contributed by atoms with van der Waals surface area (Å²) < 4.78 is 0. The fraction of sp³-hybridized carbons (Fsp3) is 0.312. The maximum Gasteiger partial charge on any atom is 0.191 e. The Balaban J connectivity index is 1.65. The SMILES string of the molecule is CN=C(NCCCc1ccc(Cl)cc1)NCc1cccs1. The molecule has 0 atom stereocenters. The number of aliphatic imine (C=N–C) groups is 1. The lowest BCUT2D eigenvalue weighted by atomic mass is 10.1. The highest BCUT2D eigenvalue weighted by Gasteiger charge is 1.99. The minimum Gasteiger partial charge on any atom is -0.356 e. The first-order valence-corrected chi connectivity index (χ1v) is 8.25. The van der Waals surface area contributed by atoms with E-state index in [4.69, 9.17) is 11.6 Å². The van der Waals surface area contributed by atoms with Crippen LogP contribution in [-0.2, 0) is 13.0 Å². The van der Waals surface area contributed by atoms with E-state index in [1.54, 1.807) is 18.4 Å². The molecule has 112 valence electrons. The minimum absolute atomic E-state index is 0.787. The molecular formula is C16H20ClN3S. The summed E-state index contributed by atoms with van der Waals surface area (Å²) in [5.41, 5.74) is 1.31. The zero-order valence-corrected chi connectivity index (χ0v) is 13.7. The molecule has 0 spiro atoms. The van der Waals surface area contributed by atoms with Crippen LogP contribution in [0.5, 0.6) is 0 Å². The molecule has 0 aliphatic heterocycles. The van der Waals surface area contributed by atoms with E-state index in [0.717, 1.165) is 36.9 Å². The van der Waals surface area contributed by atoms with Gasteiger partial charge in [-0.2, -0.15) is 0 Å². The highest BCUT2D eigenvalue weighted by atomic mass is 35.5. The molecule has 3 nitrogen and oxygen atoms in total. The molecule has 2 rings (SSSR count). The van der Waals surface area contributed by atoms with Gasteiger partial charge in [-0.05, 0) is 42.0 Å². The normalized spacial score (nSPS) is 11.4. The van der Waals surface area contributed by atoms with E-state index in [9.17, 15) is 0 Å². The van der Waals surface area contributed by atoms with Crippen molar-refractivity contribution in [3.63, 3.8) is 0 Å². The number of aryl methyl sites for hydroxylation is 1. The van der Waals surface area contributed by atoms with E-state index in [2.05, 4.69) is 45.3 Å². The van der Waals surface area contributed by atoms with Crippen LogP contribution in [0.3, 0.4) is 0 Å². The molecular weight excluding hydrogens is 302 g/mol. The monoisotopic (exact) mass is 321 g/mol. The number of halogens is 1. The molecule has 1 aromatic heterocycles. The standard InChI is InChI=1S/C16H20ClN3S/c1-18-16(20-12-15-5-3-11-21-15)19-10-2-4-13-6-8-14(17)9-7-13/h3,5-9,11H,2,4,10,12H2,1H3,(H2,18,19,20). The van der Waals surface area contributed by atoms with Gasteiger partial charge in [-0.25, -0.2) is 0 Å². The van der Waals surface area contributed by atoms with Gasteiger partial charge in [-0.1, -0.05) is 29.8 Å². The maximum absolute atomic E-state index is 5.87. The molecule has 2 aromatic rings. The highest BCUT2D eigenvalue weighted by molar-refractivity contribution is 7.09. The topological polar surface area (TPSA) is 36.4 Å². The predicted octanol–water partition coefficient (Wildman–Crippen LogP) is 3.70. The second-order valence-corrected chi connectivity index (χ2v) is 6.13. The molecule has 0 bridgehead atoms. The lowest BCUT2D eigenvalue weighted by Gasteiger charge is -2.11. The largest absolute Gasteiger partial charge is 0.356 e. The van der Waals surface area contributed by atoms with E-state index in [0.29, 0.717) is 0 Å². The Bertz CT molecular complexity index is 549. The van der Waals surface area contributed by atoms with Crippen LogP contribution < -0.4 is 10.6 Å². The average molecular weight is 322 g/mol. The molecule has 2 N–H and O–H groups in total. The smallest absolute Gasteiger partial charge is 0.191 e. The number of thiophene rings is 1. The van der Waals surface area contributed by atoms with Gasteiger partial charge in [0, 0.05) is 23.5 Å². The van der Waals surface area contributed by atoms with Crippen LogP contribution in [-0.4, -0.2) is 19.6 Å². The first-order valence-electron chi connectivity index (χ1n) is 6.99.